The molecule has 0 aromatic rings. The average molecular weight is 159 g/mol. The summed E-state index contributed by atoms with van der Waals surface area (Å²) in [5.41, 5.74) is 2.12. The van der Waals surface area contributed by atoms with E-state index in [2.05, 4.69) is 5.32 Å². The molecule has 2 nitrogen and oxygen atoms in total. The molecule has 2 heteroatoms. The zero-order valence-corrected chi connectivity index (χ0v) is 6.58. The van der Waals surface area contributed by atoms with Crippen LogP contribution in [0.15, 0.2) is 47.9 Å². The highest BCUT2D eigenvalue weighted by Gasteiger charge is 2.06. The lowest BCUT2D eigenvalue weighted by molar-refractivity contribution is -0.110. The van der Waals surface area contributed by atoms with Crippen LogP contribution in [-0.4, -0.2) is 5.78 Å². The Labute approximate surface area is 71.0 Å². The molecule has 1 heterocycles. The van der Waals surface area contributed by atoms with Gasteiger partial charge in [-0.1, -0.05) is 12.2 Å². The fraction of sp³-hybridized carbons (Fsp3) is 0.100. The number of ketones is 1. The maximum atomic E-state index is 11.1. The Hall–Kier alpha value is -1.57. The molecular weight excluding hydrogens is 150 g/mol. The van der Waals surface area contributed by atoms with E-state index < -0.39 is 0 Å². The Morgan fingerprint density at radius 3 is 3.17 bits per heavy atom. The van der Waals surface area contributed by atoms with Crippen LogP contribution in [0, 0.1) is 0 Å². The van der Waals surface area contributed by atoms with Crippen LogP contribution in [-0.2, 0) is 4.79 Å². The van der Waals surface area contributed by atoms with Gasteiger partial charge in [-0.15, -0.1) is 0 Å². The van der Waals surface area contributed by atoms with E-state index in [0.29, 0.717) is 0 Å². The van der Waals surface area contributed by atoms with Crippen molar-refractivity contribution in [1.82, 2.24) is 5.32 Å². The number of hydrogen-bond donors (Lipinski definition) is 1. The zero-order chi connectivity index (χ0) is 8.39. The molecule has 0 aromatic carbocycles. The predicted molar refractivity (Wildman–Crippen MR) is 47.2 cm³/mol. The molecule has 0 fully saturated rings. The minimum Gasteiger partial charge on any atom is -0.365 e. The highest BCUT2D eigenvalue weighted by atomic mass is 16.1. The lowest BCUT2D eigenvalue weighted by Gasteiger charge is -2.01. The van der Waals surface area contributed by atoms with Crippen molar-refractivity contribution in [1.29, 1.82) is 0 Å². The average Bonchev–Trinajstić information content (AvgIpc) is 2.35. The monoisotopic (exact) mass is 159 g/mol. The third-order valence-electron chi connectivity index (χ3n) is 1.85. The summed E-state index contributed by atoms with van der Waals surface area (Å²) in [6.45, 7) is 0. The van der Waals surface area contributed by atoms with Crippen molar-refractivity contribution in [3.63, 3.8) is 0 Å². The zero-order valence-electron chi connectivity index (χ0n) is 6.58. The van der Waals surface area contributed by atoms with Crippen molar-refractivity contribution in [2.45, 2.75) is 6.42 Å². The molecule has 2 rings (SSSR count). The van der Waals surface area contributed by atoms with Crippen LogP contribution in [0.3, 0.4) is 0 Å². The smallest absolute Gasteiger partial charge is 0.180 e. The molecule has 60 valence electrons. The van der Waals surface area contributed by atoms with E-state index in [1.54, 1.807) is 12.2 Å². The maximum absolute atomic E-state index is 11.1. The van der Waals surface area contributed by atoms with Crippen LogP contribution in [0.5, 0.6) is 0 Å². The number of hydrogen-bond acceptors (Lipinski definition) is 2. The molecule has 1 aliphatic carbocycles. The third kappa shape index (κ3) is 1.37. The third-order valence-corrected chi connectivity index (χ3v) is 1.85. The summed E-state index contributed by atoms with van der Waals surface area (Å²) in [6, 6.07) is 0. The summed E-state index contributed by atoms with van der Waals surface area (Å²) in [7, 11) is 0. The van der Waals surface area contributed by atoms with Crippen LogP contribution in [0.2, 0.25) is 0 Å². The minimum atomic E-state index is 0.0520. The van der Waals surface area contributed by atoms with Crippen LogP contribution in [0.25, 0.3) is 0 Å². The van der Waals surface area contributed by atoms with Crippen LogP contribution >= 0.6 is 0 Å². The summed E-state index contributed by atoms with van der Waals surface area (Å²) in [6.07, 6.45) is 11.7. The van der Waals surface area contributed by atoms with E-state index in [1.807, 2.05) is 24.4 Å². The first-order valence-electron chi connectivity index (χ1n) is 3.89. The van der Waals surface area contributed by atoms with Crippen molar-refractivity contribution in [2.75, 3.05) is 0 Å². The van der Waals surface area contributed by atoms with Gasteiger partial charge in [-0.2, -0.15) is 0 Å². The lowest BCUT2D eigenvalue weighted by Crippen LogP contribution is -2.04. The second kappa shape index (κ2) is 2.81. The highest BCUT2D eigenvalue weighted by Crippen LogP contribution is 2.16. The van der Waals surface area contributed by atoms with Crippen molar-refractivity contribution >= 4 is 5.78 Å². The normalized spacial score (nSPS) is 20.5. The topological polar surface area (TPSA) is 29.1 Å². The van der Waals surface area contributed by atoms with E-state index in [-0.39, 0.29) is 5.78 Å². The molecule has 2 aliphatic rings. The quantitative estimate of drug-likeness (QED) is 0.579. The number of carbonyl (C=O) groups is 1. The lowest BCUT2D eigenvalue weighted by atomic mass is 10.1. The Kier molecular flexibility index (Phi) is 1.67. The molecule has 0 unspecified atom stereocenters. The van der Waals surface area contributed by atoms with Crippen molar-refractivity contribution < 1.29 is 4.79 Å². The molecule has 0 amide bonds. The summed E-state index contributed by atoms with van der Waals surface area (Å²) in [5.74, 6) is 0.0520. The number of rotatable bonds is 0. The largest absolute Gasteiger partial charge is 0.365 e. The minimum absolute atomic E-state index is 0.0520. The standard InChI is InChI=1S/C10H9NO/c12-10-4-3-8-2-1-5-11-9(6-8)7-10/h1-5,7,11H,6H2. The second-order valence-electron chi connectivity index (χ2n) is 2.83. The Balaban J connectivity index is 2.44. The Morgan fingerprint density at radius 2 is 2.25 bits per heavy atom. The van der Waals surface area contributed by atoms with Gasteiger partial charge in [-0.3, -0.25) is 4.79 Å². The van der Waals surface area contributed by atoms with Gasteiger partial charge in [0.2, 0.25) is 0 Å². The first-order chi connectivity index (χ1) is 5.84. The fourth-order valence-electron chi connectivity index (χ4n) is 1.27. The van der Waals surface area contributed by atoms with Gasteiger partial charge in [0, 0.05) is 24.4 Å². The van der Waals surface area contributed by atoms with Crippen LogP contribution in [0.1, 0.15) is 6.42 Å². The molecule has 0 saturated heterocycles. The molecule has 12 heavy (non-hydrogen) atoms. The molecular formula is C10H9NO. The van der Waals surface area contributed by atoms with Gasteiger partial charge in [-0.05, 0) is 17.7 Å². The molecule has 1 aliphatic heterocycles. The molecule has 0 aromatic heterocycles. The molecule has 0 atom stereocenters. The van der Waals surface area contributed by atoms with Crippen molar-refractivity contribution in [2.24, 2.45) is 0 Å². The van der Waals surface area contributed by atoms with E-state index in [0.717, 1.165) is 17.7 Å². The number of carbonyl (C=O) groups excluding carboxylic acids is 1. The van der Waals surface area contributed by atoms with E-state index in [4.69, 9.17) is 0 Å². The van der Waals surface area contributed by atoms with Gasteiger partial charge in [0.25, 0.3) is 0 Å². The van der Waals surface area contributed by atoms with Crippen LogP contribution < -0.4 is 5.32 Å². The summed E-state index contributed by atoms with van der Waals surface area (Å²) in [5, 5.41) is 3.05. The molecule has 1 N–H and O–H groups in total. The predicted octanol–water partition coefficient (Wildman–Crippen LogP) is 1.44. The first kappa shape index (κ1) is 7.10. The van der Waals surface area contributed by atoms with E-state index >= 15 is 0 Å². The van der Waals surface area contributed by atoms with Gasteiger partial charge < -0.3 is 5.32 Å². The number of allylic oxidation sites excluding steroid dienone is 6. The van der Waals surface area contributed by atoms with E-state index in [1.165, 1.54) is 0 Å². The van der Waals surface area contributed by atoms with Gasteiger partial charge >= 0.3 is 0 Å². The molecule has 0 radical (unpaired) electrons. The summed E-state index contributed by atoms with van der Waals surface area (Å²) in [4.78, 5) is 11.1. The van der Waals surface area contributed by atoms with E-state index in [9.17, 15) is 4.79 Å². The van der Waals surface area contributed by atoms with Gasteiger partial charge in [0.1, 0.15) is 0 Å². The summed E-state index contributed by atoms with van der Waals surface area (Å²) < 4.78 is 0. The number of nitrogens with one attached hydrogen (secondary N) is 1. The second-order valence-corrected chi connectivity index (χ2v) is 2.83. The van der Waals surface area contributed by atoms with Gasteiger partial charge in [-0.25, -0.2) is 0 Å². The van der Waals surface area contributed by atoms with Gasteiger partial charge in [0.05, 0.1) is 0 Å². The van der Waals surface area contributed by atoms with Gasteiger partial charge in [0.15, 0.2) is 5.78 Å². The molecule has 0 spiro atoms. The number of fused-ring (bicyclic) bond motifs is 2. The molecule has 2 bridgehead atoms. The highest BCUT2D eigenvalue weighted by molar-refractivity contribution is 6.00. The Bertz CT molecular complexity index is 332. The molecule has 0 saturated carbocycles. The SMILES string of the molecule is O=C1C=CC2=CC=CNC(=C1)C2. The fourth-order valence-corrected chi connectivity index (χ4v) is 1.27. The van der Waals surface area contributed by atoms with Crippen molar-refractivity contribution in [3.05, 3.63) is 47.9 Å². The summed E-state index contributed by atoms with van der Waals surface area (Å²) >= 11 is 0. The van der Waals surface area contributed by atoms with Crippen LogP contribution in [0.4, 0.5) is 0 Å². The first-order valence-corrected chi connectivity index (χ1v) is 3.89. The Morgan fingerprint density at radius 1 is 1.33 bits per heavy atom. The maximum Gasteiger partial charge on any atom is 0.180 e. The van der Waals surface area contributed by atoms with Crippen molar-refractivity contribution in [3.8, 4) is 0 Å².